The van der Waals surface area contributed by atoms with E-state index in [1.807, 2.05) is 6.92 Å². The van der Waals surface area contributed by atoms with Gasteiger partial charge in [0.15, 0.2) is 0 Å². The predicted molar refractivity (Wildman–Crippen MR) is 79.9 cm³/mol. The van der Waals surface area contributed by atoms with Crippen LogP contribution in [-0.4, -0.2) is 26.0 Å². The van der Waals surface area contributed by atoms with Crippen molar-refractivity contribution in [1.29, 1.82) is 0 Å². The average Bonchev–Trinajstić information content (AvgIpc) is 3.25. The van der Waals surface area contributed by atoms with Crippen LogP contribution in [0.1, 0.15) is 49.0 Å². The second-order valence-electron chi connectivity index (χ2n) is 5.66. The van der Waals surface area contributed by atoms with Crippen molar-refractivity contribution in [2.75, 3.05) is 6.54 Å². The zero-order valence-electron chi connectivity index (χ0n) is 12.3. The van der Waals surface area contributed by atoms with Crippen LogP contribution in [0, 0.1) is 5.41 Å². The van der Waals surface area contributed by atoms with Crippen LogP contribution in [0.15, 0.2) is 23.1 Å². The SMILES string of the molecule is CCc1ccc(C(=O)O)cc1S(=O)(=O)NCC1(CC)CC1. The fourth-order valence-electron chi connectivity index (χ4n) is 2.39. The Morgan fingerprint density at radius 3 is 2.48 bits per heavy atom. The maximum atomic E-state index is 12.5. The number of sulfonamides is 1. The van der Waals surface area contributed by atoms with Crippen molar-refractivity contribution in [2.45, 2.75) is 44.4 Å². The van der Waals surface area contributed by atoms with Gasteiger partial charge in [-0.2, -0.15) is 0 Å². The molecule has 0 aromatic heterocycles. The smallest absolute Gasteiger partial charge is 0.335 e. The summed E-state index contributed by atoms with van der Waals surface area (Å²) in [7, 11) is -3.68. The van der Waals surface area contributed by atoms with Crippen molar-refractivity contribution in [3.8, 4) is 0 Å². The minimum atomic E-state index is -3.68. The summed E-state index contributed by atoms with van der Waals surface area (Å²) in [5, 5.41) is 9.03. The van der Waals surface area contributed by atoms with Gasteiger partial charge in [-0.3, -0.25) is 0 Å². The van der Waals surface area contributed by atoms with Crippen molar-refractivity contribution < 1.29 is 18.3 Å². The summed E-state index contributed by atoms with van der Waals surface area (Å²) < 4.78 is 27.6. The molecule has 0 aliphatic heterocycles. The van der Waals surface area contributed by atoms with E-state index in [9.17, 15) is 13.2 Å². The molecule has 0 bridgehead atoms. The zero-order chi connectivity index (χ0) is 15.7. The fourth-order valence-corrected chi connectivity index (χ4v) is 3.88. The second-order valence-corrected chi connectivity index (χ2v) is 7.39. The van der Waals surface area contributed by atoms with Crippen molar-refractivity contribution in [3.63, 3.8) is 0 Å². The van der Waals surface area contributed by atoms with Gasteiger partial charge >= 0.3 is 5.97 Å². The summed E-state index contributed by atoms with van der Waals surface area (Å²) in [5.74, 6) is -1.12. The molecule has 0 heterocycles. The molecule has 1 saturated carbocycles. The van der Waals surface area contributed by atoms with Crippen LogP contribution in [0.5, 0.6) is 0 Å². The molecular weight excluding hydrogens is 290 g/mol. The summed E-state index contributed by atoms with van der Waals surface area (Å²) in [6, 6.07) is 4.26. The summed E-state index contributed by atoms with van der Waals surface area (Å²) in [6.07, 6.45) is 3.57. The van der Waals surface area contributed by atoms with E-state index >= 15 is 0 Å². The van der Waals surface area contributed by atoms with Gasteiger partial charge in [-0.25, -0.2) is 17.9 Å². The highest BCUT2D eigenvalue weighted by Crippen LogP contribution is 2.48. The maximum Gasteiger partial charge on any atom is 0.335 e. The number of rotatable bonds is 7. The number of benzene rings is 1. The number of carboxylic acid groups (broad SMARTS) is 1. The Balaban J connectivity index is 2.29. The second kappa shape index (κ2) is 5.77. The van der Waals surface area contributed by atoms with Crippen molar-refractivity contribution in [1.82, 2.24) is 4.72 Å². The molecule has 6 heteroatoms. The van der Waals surface area contributed by atoms with E-state index in [1.54, 1.807) is 6.07 Å². The third-order valence-corrected chi connectivity index (χ3v) is 5.81. The molecule has 116 valence electrons. The van der Waals surface area contributed by atoms with Crippen LogP contribution in [0.4, 0.5) is 0 Å². The molecule has 2 N–H and O–H groups in total. The normalized spacial score (nSPS) is 16.7. The Kier molecular flexibility index (Phi) is 4.39. The first kappa shape index (κ1) is 16.0. The molecule has 0 amide bonds. The Hall–Kier alpha value is -1.40. The summed E-state index contributed by atoms with van der Waals surface area (Å²) in [6.45, 7) is 4.33. The monoisotopic (exact) mass is 311 g/mol. The van der Waals surface area contributed by atoms with Gasteiger partial charge in [-0.05, 0) is 48.8 Å². The summed E-state index contributed by atoms with van der Waals surface area (Å²) in [5.41, 5.74) is 0.724. The minimum Gasteiger partial charge on any atom is -0.478 e. The standard InChI is InChI=1S/C15H21NO4S/c1-3-11-5-6-12(14(17)18)9-13(11)21(19,20)16-10-15(4-2)7-8-15/h5-6,9,16H,3-4,7-8,10H2,1-2H3,(H,17,18). The quantitative estimate of drug-likeness (QED) is 0.810. The number of hydrogen-bond acceptors (Lipinski definition) is 3. The lowest BCUT2D eigenvalue weighted by Gasteiger charge is -2.15. The average molecular weight is 311 g/mol. The molecule has 0 radical (unpaired) electrons. The zero-order valence-corrected chi connectivity index (χ0v) is 13.2. The third kappa shape index (κ3) is 3.44. The molecule has 2 rings (SSSR count). The lowest BCUT2D eigenvalue weighted by Crippen LogP contribution is -2.31. The van der Waals surface area contributed by atoms with Gasteiger partial charge < -0.3 is 5.11 Å². The van der Waals surface area contributed by atoms with E-state index in [1.165, 1.54) is 12.1 Å². The van der Waals surface area contributed by atoms with E-state index in [0.29, 0.717) is 18.5 Å². The molecule has 1 aromatic rings. The number of carbonyl (C=O) groups is 1. The molecule has 1 aromatic carbocycles. The van der Waals surface area contributed by atoms with Crippen LogP contribution in [0.25, 0.3) is 0 Å². The van der Waals surface area contributed by atoms with Gasteiger partial charge in [0.2, 0.25) is 10.0 Å². The van der Waals surface area contributed by atoms with Crippen LogP contribution in [-0.2, 0) is 16.4 Å². The molecule has 21 heavy (non-hydrogen) atoms. The van der Waals surface area contributed by atoms with Crippen LogP contribution >= 0.6 is 0 Å². The molecule has 1 aliphatic carbocycles. The summed E-state index contributed by atoms with van der Waals surface area (Å²) in [4.78, 5) is 11.1. The highest BCUT2D eigenvalue weighted by molar-refractivity contribution is 7.89. The first-order chi connectivity index (χ1) is 9.83. The minimum absolute atomic E-state index is 0.01000. The molecular formula is C15H21NO4S. The van der Waals surface area contributed by atoms with Crippen molar-refractivity contribution in [2.24, 2.45) is 5.41 Å². The van der Waals surface area contributed by atoms with Crippen LogP contribution in [0.2, 0.25) is 0 Å². The molecule has 5 nitrogen and oxygen atoms in total. The van der Waals surface area contributed by atoms with E-state index in [-0.39, 0.29) is 15.9 Å². The Labute approximate surface area is 125 Å². The predicted octanol–water partition coefficient (Wildman–Crippen LogP) is 2.42. The summed E-state index contributed by atoms with van der Waals surface area (Å²) >= 11 is 0. The number of hydrogen-bond donors (Lipinski definition) is 2. The fraction of sp³-hybridized carbons (Fsp3) is 0.533. The Morgan fingerprint density at radius 1 is 1.33 bits per heavy atom. The largest absolute Gasteiger partial charge is 0.478 e. The van der Waals surface area contributed by atoms with Crippen LogP contribution < -0.4 is 4.72 Å². The van der Waals surface area contributed by atoms with Crippen molar-refractivity contribution >= 4 is 16.0 Å². The van der Waals surface area contributed by atoms with Gasteiger partial charge in [-0.15, -0.1) is 0 Å². The van der Waals surface area contributed by atoms with Gasteiger partial charge in [0, 0.05) is 6.54 Å². The van der Waals surface area contributed by atoms with E-state index in [0.717, 1.165) is 19.3 Å². The van der Waals surface area contributed by atoms with Crippen molar-refractivity contribution in [3.05, 3.63) is 29.3 Å². The molecule has 0 saturated heterocycles. The van der Waals surface area contributed by atoms with Gasteiger partial charge in [0.05, 0.1) is 10.5 Å². The first-order valence-electron chi connectivity index (χ1n) is 7.19. The molecule has 1 aliphatic rings. The molecule has 0 atom stereocenters. The highest BCUT2D eigenvalue weighted by atomic mass is 32.2. The molecule has 1 fully saturated rings. The van der Waals surface area contributed by atoms with E-state index < -0.39 is 16.0 Å². The van der Waals surface area contributed by atoms with E-state index in [4.69, 9.17) is 5.11 Å². The van der Waals surface area contributed by atoms with E-state index in [2.05, 4.69) is 11.6 Å². The van der Waals surface area contributed by atoms with Gasteiger partial charge in [-0.1, -0.05) is 19.9 Å². The Bertz CT molecular complexity index is 648. The highest BCUT2D eigenvalue weighted by Gasteiger charge is 2.41. The first-order valence-corrected chi connectivity index (χ1v) is 8.68. The number of carboxylic acids is 1. The maximum absolute atomic E-state index is 12.5. The molecule has 0 spiro atoms. The van der Waals surface area contributed by atoms with Gasteiger partial charge in [0.1, 0.15) is 0 Å². The number of nitrogens with one attached hydrogen (secondary N) is 1. The lowest BCUT2D eigenvalue weighted by atomic mass is 10.1. The van der Waals surface area contributed by atoms with Crippen LogP contribution in [0.3, 0.4) is 0 Å². The topological polar surface area (TPSA) is 83.5 Å². The third-order valence-electron chi connectivity index (χ3n) is 4.33. The number of aryl methyl sites for hydroxylation is 1. The van der Waals surface area contributed by atoms with Gasteiger partial charge in [0.25, 0.3) is 0 Å². The number of aromatic carboxylic acids is 1. The Morgan fingerprint density at radius 2 is 2.00 bits per heavy atom. The lowest BCUT2D eigenvalue weighted by molar-refractivity contribution is 0.0696. The molecule has 0 unspecified atom stereocenters.